The van der Waals surface area contributed by atoms with E-state index in [0.717, 1.165) is 37.4 Å². The first-order valence-corrected chi connectivity index (χ1v) is 9.06. The maximum absolute atomic E-state index is 5.24. The summed E-state index contributed by atoms with van der Waals surface area (Å²) in [6.45, 7) is 1.95. The van der Waals surface area contributed by atoms with Gasteiger partial charge in [-0.3, -0.25) is 10.2 Å². The van der Waals surface area contributed by atoms with Gasteiger partial charge in [0.25, 0.3) is 0 Å². The third kappa shape index (κ3) is 4.20. The summed E-state index contributed by atoms with van der Waals surface area (Å²) in [4.78, 5) is 19.8. The molecule has 1 aliphatic heterocycles. The molecule has 1 unspecified atom stereocenters. The van der Waals surface area contributed by atoms with E-state index in [0.29, 0.717) is 11.9 Å². The molecule has 0 spiro atoms. The average molecular weight is 362 g/mol. The van der Waals surface area contributed by atoms with E-state index in [2.05, 4.69) is 37.3 Å². The summed E-state index contributed by atoms with van der Waals surface area (Å²) in [5, 5.41) is 3.07. The van der Waals surface area contributed by atoms with E-state index in [1.165, 1.54) is 5.56 Å². The van der Waals surface area contributed by atoms with Gasteiger partial charge in [0.1, 0.15) is 5.75 Å². The van der Waals surface area contributed by atoms with Gasteiger partial charge in [0.15, 0.2) is 0 Å². The Labute approximate surface area is 158 Å². The lowest BCUT2D eigenvalue weighted by Crippen LogP contribution is -2.23. The van der Waals surface area contributed by atoms with Crippen molar-refractivity contribution in [1.29, 1.82) is 0 Å². The van der Waals surface area contributed by atoms with E-state index in [4.69, 9.17) is 9.72 Å². The maximum atomic E-state index is 5.24. The molecule has 0 bridgehead atoms. The molecule has 0 aliphatic carbocycles. The summed E-state index contributed by atoms with van der Waals surface area (Å²) in [5.41, 5.74) is 2.29. The number of nitrogens with zero attached hydrogens (tertiary/aromatic N) is 5. The molecule has 0 saturated carbocycles. The predicted molar refractivity (Wildman–Crippen MR) is 103 cm³/mol. The molecule has 1 N–H and O–H groups in total. The van der Waals surface area contributed by atoms with E-state index in [-0.39, 0.29) is 6.04 Å². The summed E-state index contributed by atoms with van der Waals surface area (Å²) >= 11 is 0. The van der Waals surface area contributed by atoms with Crippen molar-refractivity contribution >= 4 is 11.9 Å². The Balaban J connectivity index is 1.48. The molecule has 2 aromatic heterocycles. The normalized spacial score (nSPS) is 17.0. The van der Waals surface area contributed by atoms with Crippen molar-refractivity contribution < 1.29 is 4.74 Å². The zero-order valence-electron chi connectivity index (χ0n) is 15.2. The first kappa shape index (κ1) is 17.4. The van der Waals surface area contributed by atoms with Gasteiger partial charge in [0, 0.05) is 25.1 Å². The second-order valence-electron chi connectivity index (χ2n) is 6.48. The molecule has 0 amide bonds. The highest BCUT2D eigenvalue weighted by atomic mass is 16.5. The van der Waals surface area contributed by atoms with Crippen LogP contribution in [-0.4, -0.2) is 38.5 Å². The van der Waals surface area contributed by atoms with Gasteiger partial charge in [0.05, 0.1) is 18.8 Å². The van der Waals surface area contributed by atoms with Crippen molar-refractivity contribution in [1.82, 2.24) is 24.8 Å². The van der Waals surface area contributed by atoms with Crippen LogP contribution in [0.3, 0.4) is 0 Å². The van der Waals surface area contributed by atoms with Gasteiger partial charge in [-0.15, -0.1) is 0 Å². The number of hydrogen-bond acceptors (Lipinski definition) is 7. The number of aromatic nitrogens is 4. The quantitative estimate of drug-likeness (QED) is 0.720. The summed E-state index contributed by atoms with van der Waals surface area (Å²) in [5.74, 6) is 1.90. The highest BCUT2D eigenvalue weighted by Gasteiger charge is 2.27. The number of ether oxygens (including phenoxy) is 1. The topological polar surface area (TPSA) is 76.1 Å². The van der Waals surface area contributed by atoms with Crippen LogP contribution >= 0.6 is 0 Å². The largest absolute Gasteiger partial charge is 0.497 e. The number of hydrogen-bond donors (Lipinski definition) is 1. The van der Waals surface area contributed by atoms with Gasteiger partial charge < -0.3 is 4.74 Å². The van der Waals surface area contributed by atoms with Crippen LogP contribution in [0.1, 0.15) is 30.1 Å². The minimum absolute atomic E-state index is 0.285. The van der Waals surface area contributed by atoms with E-state index in [1.54, 1.807) is 31.8 Å². The highest BCUT2D eigenvalue weighted by Crippen LogP contribution is 2.32. The second-order valence-corrected chi connectivity index (χ2v) is 6.48. The van der Waals surface area contributed by atoms with Crippen LogP contribution in [-0.2, 0) is 6.54 Å². The monoisotopic (exact) mass is 362 g/mol. The molecule has 138 valence electrons. The zero-order valence-corrected chi connectivity index (χ0v) is 15.2. The molecule has 1 aliphatic rings. The van der Waals surface area contributed by atoms with Crippen molar-refractivity contribution in [3.05, 3.63) is 66.2 Å². The number of rotatable bonds is 6. The molecule has 27 heavy (non-hydrogen) atoms. The van der Waals surface area contributed by atoms with Crippen molar-refractivity contribution in [2.75, 3.05) is 19.0 Å². The predicted octanol–water partition coefficient (Wildman–Crippen LogP) is 3.36. The molecule has 1 atom stereocenters. The van der Waals surface area contributed by atoms with E-state index in [1.807, 2.05) is 18.2 Å². The van der Waals surface area contributed by atoms with Gasteiger partial charge in [-0.25, -0.2) is 19.9 Å². The molecule has 0 radical (unpaired) electrons. The number of anilines is 2. The van der Waals surface area contributed by atoms with Crippen molar-refractivity contribution in [2.45, 2.75) is 25.4 Å². The van der Waals surface area contributed by atoms with Crippen LogP contribution in [0.25, 0.3) is 0 Å². The Morgan fingerprint density at radius 2 is 1.81 bits per heavy atom. The first-order chi connectivity index (χ1) is 13.3. The molecule has 3 heterocycles. The van der Waals surface area contributed by atoms with Gasteiger partial charge in [-0.1, -0.05) is 12.1 Å². The average Bonchev–Trinajstić information content (AvgIpc) is 3.18. The van der Waals surface area contributed by atoms with Crippen molar-refractivity contribution in [2.24, 2.45) is 0 Å². The summed E-state index contributed by atoms with van der Waals surface area (Å²) in [7, 11) is 1.69. The number of benzene rings is 1. The van der Waals surface area contributed by atoms with Gasteiger partial charge in [-0.2, -0.15) is 0 Å². The fraction of sp³-hybridized carbons (Fsp3) is 0.300. The smallest absolute Gasteiger partial charge is 0.229 e. The molecule has 1 fully saturated rings. The summed E-state index contributed by atoms with van der Waals surface area (Å²) in [6, 6.07) is 12.3. The Bertz CT molecular complexity index is 871. The van der Waals surface area contributed by atoms with Crippen LogP contribution in [0, 0.1) is 0 Å². The van der Waals surface area contributed by atoms with Gasteiger partial charge >= 0.3 is 0 Å². The number of nitrogens with one attached hydrogen (secondary N) is 1. The Morgan fingerprint density at radius 1 is 1.04 bits per heavy atom. The highest BCUT2D eigenvalue weighted by molar-refractivity contribution is 5.41. The fourth-order valence-electron chi connectivity index (χ4n) is 3.40. The third-order valence-corrected chi connectivity index (χ3v) is 4.72. The molecule has 7 nitrogen and oxygen atoms in total. The van der Waals surface area contributed by atoms with Crippen LogP contribution in [0.2, 0.25) is 0 Å². The molecule has 1 saturated heterocycles. The molecule has 1 aromatic carbocycles. The third-order valence-electron chi connectivity index (χ3n) is 4.72. The Hall–Kier alpha value is -3.06. The van der Waals surface area contributed by atoms with E-state index < -0.39 is 0 Å². The molecule has 7 heteroatoms. The van der Waals surface area contributed by atoms with E-state index >= 15 is 0 Å². The summed E-state index contributed by atoms with van der Waals surface area (Å²) in [6.07, 6.45) is 7.42. The van der Waals surface area contributed by atoms with Crippen LogP contribution in [0.4, 0.5) is 11.9 Å². The Kier molecular flexibility index (Phi) is 5.20. The lowest BCUT2D eigenvalue weighted by Gasteiger charge is -2.24. The summed E-state index contributed by atoms with van der Waals surface area (Å²) < 4.78 is 5.24. The van der Waals surface area contributed by atoms with E-state index in [9.17, 15) is 0 Å². The lowest BCUT2D eigenvalue weighted by atomic mass is 10.1. The molecular weight excluding hydrogens is 340 g/mol. The van der Waals surface area contributed by atoms with Gasteiger partial charge in [0.2, 0.25) is 11.9 Å². The minimum atomic E-state index is 0.285. The minimum Gasteiger partial charge on any atom is -0.497 e. The van der Waals surface area contributed by atoms with Crippen molar-refractivity contribution in [3.63, 3.8) is 0 Å². The fourth-order valence-corrected chi connectivity index (χ4v) is 3.40. The Morgan fingerprint density at radius 3 is 2.59 bits per heavy atom. The SMILES string of the molecule is COc1ccc(CN2CCCC2c2ccnc(Nc3ncccn3)n2)cc1. The standard InChI is InChI=1S/C20H22N6O/c1-27-16-7-5-15(6-8-16)14-26-13-2-4-18(26)17-9-12-23-20(24-17)25-19-21-10-3-11-22-19/h3,5-12,18H,2,4,13-14H2,1H3,(H,21,22,23,24,25). The zero-order chi connectivity index (χ0) is 18.5. The maximum Gasteiger partial charge on any atom is 0.229 e. The van der Waals surface area contributed by atoms with Crippen molar-refractivity contribution in [3.8, 4) is 5.75 Å². The first-order valence-electron chi connectivity index (χ1n) is 9.06. The molecule has 3 aromatic rings. The number of likely N-dealkylation sites (tertiary alicyclic amines) is 1. The molecule has 4 rings (SSSR count). The second kappa shape index (κ2) is 8.09. The lowest BCUT2D eigenvalue weighted by molar-refractivity contribution is 0.244. The van der Waals surface area contributed by atoms with Crippen LogP contribution in [0.15, 0.2) is 55.0 Å². The molecular formula is C20H22N6O. The van der Waals surface area contributed by atoms with Crippen LogP contribution < -0.4 is 10.1 Å². The van der Waals surface area contributed by atoms with Crippen LogP contribution in [0.5, 0.6) is 5.75 Å². The van der Waals surface area contributed by atoms with Gasteiger partial charge in [-0.05, 0) is 49.2 Å². The number of methoxy groups -OCH3 is 1.